The number of benzene rings is 12. The van der Waals surface area contributed by atoms with Gasteiger partial charge >= 0.3 is 53.0 Å². The van der Waals surface area contributed by atoms with E-state index in [0.29, 0.717) is 80.5 Å². The lowest BCUT2D eigenvalue weighted by molar-refractivity contribution is -0.209. The molecule has 12 aromatic carbocycles. The van der Waals surface area contributed by atoms with Crippen molar-refractivity contribution in [1.29, 1.82) is 0 Å². The number of carbonyl (C=O) groups is 1. The minimum atomic E-state index is -5.65. The smallest absolute Gasteiger partial charge is 0.445 e. The van der Waals surface area contributed by atoms with E-state index in [1.165, 1.54) is 0 Å². The number of phosphoric ester groups is 6. The Morgan fingerprint density at radius 3 is 0.508 bits per heavy atom. The van der Waals surface area contributed by atoms with E-state index in [9.17, 15) is 4.79 Å². The molecule has 0 spiro atoms. The molecule has 13 rings (SSSR count). The van der Waals surface area contributed by atoms with Crippen molar-refractivity contribution in [2.24, 2.45) is 0 Å². The fraction of sp³-hybridized carbons (Fsp3) is 0.247. The Morgan fingerprint density at radius 2 is 0.338 bits per heavy atom. The number of unbranched alkanes of at least 4 members (excludes halogenated alkanes) is 3. The van der Waals surface area contributed by atoms with Gasteiger partial charge in [0.2, 0.25) is 0 Å². The van der Waals surface area contributed by atoms with Crippen molar-refractivity contribution in [2.45, 2.75) is 142 Å². The highest BCUT2D eigenvalue weighted by Gasteiger charge is 2.65. The van der Waals surface area contributed by atoms with Crippen LogP contribution >= 0.6 is 46.9 Å². The fourth-order valence-electron chi connectivity index (χ4n) is 13.1. The van der Waals surface area contributed by atoms with Gasteiger partial charge in [-0.05, 0) is 79.6 Å². The van der Waals surface area contributed by atoms with E-state index in [2.05, 4.69) is 5.32 Å². The molecule has 1 fully saturated rings. The van der Waals surface area contributed by atoms with Crippen LogP contribution < -0.4 is 5.32 Å². The Bertz CT molecular complexity index is 5140. The van der Waals surface area contributed by atoms with Crippen LogP contribution in [0.3, 0.4) is 0 Å². The van der Waals surface area contributed by atoms with Gasteiger partial charge in [-0.25, -0.2) is 32.2 Å². The molecule has 0 heterocycles. The number of amides is 1. The standard InChI is InChI=1S/C97H103NO26P6/c99-97(106-67-79-41-15-3-16-42-79)98-65-39-1-2-40-66-107-125(100,108-68-80-43-17-4-18-44-80)119-91-92(120-126(101,109-69-81-45-19-5-20-46-81)110-70-82-47-21-6-22-48-82)94(122-128(103,113-73-85-53-27-9-28-54-85)114-74-86-55-29-10-30-56-86)96(124-130(105,117-77-89-61-35-13-36-62-89)118-78-90-63-37-14-38-64-90)95(123-129(104,115-75-87-57-31-11-32-58-87)116-76-88-59-33-12-34-60-88)93(91)121-127(102,111-71-83-49-23-7-24-50-83)112-72-84-51-25-8-26-52-84/h3-38,41-64,91-96H,1-2,39-40,65-78H2,(H,98,99)/t91?,92-,93-,94-,95+,96?,125?/m0/s1. The summed E-state index contributed by atoms with van der Waals surface area (Å²) in [4.78, 5) is 12.9. The second kappa shape index (κ2) is 51.0. The van der Waals surface area contributed by atoms with Crippen molar-refractivity contribution in [3.8, 4) is 0 Å². The van der Waals surface area contributed by atoms with Gasteiger partial charge < -0.3 is 10.1 Å². The number of ether oxygens (including phenoxy) is 1. The SMILES string of the molecule is O=C(NCCCCCCOP(=O)(OCc1ccccc1)OC1[C@H](OP(=O)(OCc2ccccc2)OCc2ccccc2)[C@H](OP(=O)(OCc2ccccc2)OCc2ccccc2)C(OP(=O)(OCc2ccccc2)OCc2ccccc2)[C@H](OP(=O)(OCc2ccccc2)OCc2ccccc2)[C@H]1OP(=O)(OCc1ccccc1)OCc1ccccc1)OCc1ccccc1. The summed E-state index contributed by atoms with van der Waals surface area (Å²) >= 11 is 0. The van der Waals surface area contributed by atoms with Crippen LogP contribution in [-0.2, 0) is 193 Å². The highest BCUT2D eigenvalue weighted by molar-refractivity contribution is 7.50. The van der Waals surface area contributed by atoms with E-state index in [1.807, 2.05) is 30.3 Å². The lowest BCUT2D eigenvalue weighted by Gasteiger charge is -2.50. The van der Waals surface area contributed by atoms with Crippen molar-refractivity contribution in [2.75, 3.05) is 13.2 Å². The Hall–Kier alpha value is -9.43. The zero-order chi connectivity index (χ0) is 90.3. The number of alkyl carbamates (subject to hydrolysis) is 1. The third-order valence-electron chi connectivity index (χ3n) is 19.8. The van der Waals surface area contributed by atoms with E-state index in [-0.39, 0.29) is 19.6 Å². The van der Waals surface area contributed by atoms with Crippen molar-refractivity contribution >= 4 is 53.0 Å². The maximum Gasteiger partial charge on any atom is 0.475 e. The Kier molecular flexibility index (Phi) is 38.5. The minimum Gasteiger partial charge on any atom is -0.445 e. The van der Waals surface area contributed by atoms with Gasteiger partial charge in [-0.3, -0.25) is 81.4 Å². The normalized spacial score (nSPS) is 16.6. The molecule has 130 heavy (non-hydrogen) atoms. The predicted octanol–water partition coefficient (Wildman–Crippen LogP) is 24.8. The minimum absolute atomic E-state index is 0.0538. The predicted molar refractivity (Wildman–Crippen MR) is 487 cm³/mol. The third-order valence-corrected chi connectivity index (χ3v) is 28.2. The largest absolute Gasteiger partial charge is 0.475 e. The highest BCUT2D eigenvalue weighted by Crippen LogP contribution is 2.67. The van der Waals surface area contributed by atoms with Gasteiger partial charge in [0.05, 0.1) is 79.3 Å². The molecule has 12 aromatic rings. The van der Waals surface area contributed by atoms with Crippen LogP contribution in [-0.4, -0.2) is 55.9 Å². The molecule has 0 aliphatic heterocycles. The molecule has 682 valence electrons. The number of carbonyl (C=O) groups excluding carboxylic acids is 1. The van der Waals surface area contributed by atoms with Gasteiger partial charge in [-0.2, -0.15) is 0 Å². The second-order valence-corrected chi connectivity index (χ2v) is 39.4. The van der Waals surface area contributed by atoms with E-state index in [0.717, 1.165) is 5.56 Å². The first-order valence-electron chi connectivity index (χ1n) is 42.2. The van der Waals surface area contributed by atoms with E-state index < -0.39 is 169 Å². The molecule has 0 bridgehead atoms. The molecule has 0 saturated heterocycles. The molecule has 1 saturated carbocycles. The first-order chi connectivity index (χ1) is 63.4. The summed E-state index contributed by atoms with van der Waals surface area (Å²) < 4.78 is 231. The summed E-state index contributed by atoms with van der Waals surface area (Å²) in [6.07, 6.45) is -15.3. The van der Waals surface area contributed by atoms with Crippen LogP contribution in [0.15, 0.2) is 364 Å². The topological polar surface area (TPSA) is 307 Å². The molecule has 1 amide bonds. The van der Waals surface area contributed by atoms with Crippen LogP contribution in [0, 0.1) is 0 Å². The number of rotatable bonds is 55. The average molecular weight is 1880 g/mol. The Morgan fingerprint density at radius 1 is 0.192 bits per heavy atom. The number of phosphoric acid groups is 6. The van der Waals surface area contributed by atoms with Gasteiger partial charge in [0.1, 0.15) is 43.2 Å². The monoisotopic (exact) mass is 1880 g/mol. The van der Waals surface area contributed by atoms with Crippen molar-refractivity contribution in [3.05, 3.63) is 431 Å². The molecule has 33 heteroatoms. The van der Waals surface area contributed by atoms with Gasteiger partial charge in [-0.15, -0.1) is 0 Å². The van der Waals surface area contributed by atoms with Gasteiger partial charge in [-0.1, -0.05) is 377 Å². The third kappa shape index (κ3) is 32.8. The highest BCUT2D eigenvalue weighted by atomic mass is 31.2. The lowest BCUT2D eigenvalue weighted by Crippen LogP contribution is -2.66. The molecular formula is C97H103NO26P6. The number of hydrogen-bond acceptors (Lipinski definition) is 26. The zero-order valence-corrected chi connectivity index (χ0v) is 76.5. The molecule has 0 radical (unpaired) electrons. The van der Waals surface area contributed by atoms with Crippen LogP contribution in [0.25, 0.3) is 0 Å². The van der Waals surface area contributed by atoms with Gasteiger partial charge in [0, 0.05) is 6.54 Å². The Balaban J connectivity index is 1.06. The molecule has 1 N–H and O–H groups in total. The van der Waals surface area contributed by atoms with E-state index in [1.54, 1.807) is 334 Å². The average Bonchev–Trinajstić information content (AvgIpc) is 0.731. The quantitative estimate of drug-likeness (QED) is 0.0273. The van der Waals surface area contributed by atoms with Crippen molar-refractivity contribution in [3.63, 3.8) is 0 Å². The zero-order valence-electron chi connectivity index (χ0n) is 71.1. The lowest BCUT2D eigenvalue weighted by atomic mass is 9.85. The fourth-order valence-corrected chi connectivity index (χ4v) is 21.2. The van der Waals surface area contributed by atoms with Gasteiger partial charge in [0.15, 0.2) is 0 Å². The van der Waals surface area contributed by atoms with Crippen LogP contribution in [0.1, 0.15) is 92.4 Å². The summed E-state index contributed by atoms with van der Waals surface area (Å²) in [5.41, 5.74) is 5.33. The molecule has 1 aliphatic carbocycles. The van der Waals surface area contributed by atoms with E-state index in [4.69, 9.17) is 86.2 Å². The summed E-state index contributed by atoms with van der Waals surface area (Å²) in [6, 6.07) is 103. The van der Waals surface area contributed by atoms with E-state index >= 15 is 27.4 Å². The van der Waals surface area contributed by atoms with Crippen LogP contribution in [0.5, 0.6) is 0 Å². The molecule has 3 unspecified atom stereocenters. The first kappa shape index (κ1) is 98.1. The summed E-state index contributed by atoms with van der Waals surface area (Å²) in [5, 5.41) is 2.78. The first-order valence-corrected chi connectivity index (χ1v) is 51.0. The van der Waals surface area contributed by atoms with Gasteiger partial charge in [0.25, 0.3) is 0 Å². The number of hydrogen-bond donors (Lipinski definition) is 1. The summed E-state index contributed by atoms with van der Waals surface area (Å²) in [6.45, 7) is -6.39. The second-order valence-electron chi connectivity index (χ2n) is 29.7. The number of nitrogens with one attached hydrogen (secondary N) is 1. The van der Waals surface area contributed by atoms with Crippen molar-refractivity contribution < 1.29 is 118 Å². The maximum atomic E-state index is 17.4. The maximum absolute atomic E-state index is 17.4. The van der Waals surface area contributed by atoms with Crippen molar-refractivity contribution in [1.82, 2.24) is 5.32 Å². The van der Waals surface area contributed by atoms with Crippen LogP contribution in [0.4, 0.5) is 4.79 Å². The molecular weight excluding hydrogens is 1780 g/mol. The van der Waals surface area contributed by atoms with Crippen LogP contribution in [0.2, 0.25) is 0 Å². The summed E-state index contributed by atoms with van der Waals surface area (Å²) in [7, 11) is -33.9. The Labute approximate surface area is 757 Å². The molecule has 0 aromatic heterocycles. The molecule has 7 atom stereocenters. The summed E-state index contributed by atoms with van der Waals surface area (Å²) in [5.74, 6) is 0. The molecule has 27 nitrogen and oxygen atoms in total. The molecule has 1 aliphatic rings.